The molecule has 0 unspecified atom stereocenters. The Hall–Kier alpha value is -1.26. The first-order chi connectivity index (χ1) is 9.52. The van der Waals surface area contributed by atoms with Crippen LogP contribution in [0.2, 0.25) is 0 Å². The van der Waals surface area contributed by atoms with Gasteiger partial charge in [-0.2, -0.15) is 0 Å². The number of hydrogen-bond donors (Lipinski definition) is 1. The van der Waals surface area contributed by atoms with Gasteiger partial charge in [0.1, 0.15) is 10.8 Å². The van der Waals surface area contributed by atoms with Crippen LogP contribution in [0.1, 0.15) is 42.8 Å². The number of aromatic nitrogens is 1. The van der Waals surface area contributed by atoms with Gasteiger partial charge in [-0.1, -0.05) is 20.8 Å². The summed E-state index contributed by atoms with van der Waals surface area (Å²) in [7, 11) is 0. The molecular weight excluding hydrogens is 271 g/mol. The number of nitrogens with zero attached hydrogens (tertiary/aromatic N) is 1. The molecule has 0 bridgehead atoms. The molecule has 1 heterocycles. The highest BCUT2D eigenvalue weighted by Gasteiger charge is 2.16. The van der Waals surface area contributed by atoms with Gasteiger partial charge in [-0.25, -0.2) is 9.37 Å². The summed E-state index contributed by atoms with van der Waals surface area (Å²) in [5, 5.41) is 4.34. The summed E-state index contributed by atoms with van der Waals surface area (Å²) in [5.74, 6) is 0.203. The second-order valence-corrected chi connectivity index (χ2v) is 6.31. The summed E-state index contributed by atoms with van der Waals surface area (Å²) >= 11 is 1.70. The van der Waals surface area contributed by atoms with Gasteiger partial charge in [0, 0.05) is 17.0 Å². The Kier molecular flexibility index (Phi) is 4.89. The van der Waals surface area contributed by atoms with Crippen LogP contribution in [0.5, 0.6) is 0 Å². The standard InChI is InChI=1S/C16H21FN2S/c1-5-18-9-14-15(10(2)3)19-16(20-14)13-7-6-12(17)8-11(13)4/h6-8,10,18H,5,9H2,1-4H3. The molecule has 0 saturated heterocycles. The molecule has 0 fully saturated rings. The molecular formula is C16H21FN2S. The lowest BCUT2D eigenvalue weighted by molar-refractivity contribution is 0.627. The number of hydrogen-bond acceptors (Lipinski definition) is 3. The van der Waals surface area contributed by atoms with Crippen molar-refractivity contribution < 1.29 is 4.39 Å². The maximum atomic E-state index is 13.2. The van der Waals surface area contributed by atoms with Crippen LogP contribution in [0, 0.1) is 12.7 Å². The van der Waals surface area contributed by atoms with Gasteiger partial charge in [-0.05, 0) is 43.1 Å². The molecule has 4 heteroatoms. The fourth-order valence-corrected chi connectivity index (χ4v) is 3.44. The molecule has 0 aliphatic carbocycles. The molecule has 2 nitrogen and oxygen atoms in total. The average molecular weight is 292 g/mol. The Morgan fingerprint density at radius 1 is 1.35 bits per heavy atom. The third kappa shape index (κ3) is 3.25. The predicted octanol–water partition coefficient (Wildman–Crippen LogP) is 4.49. The van der Waals surface area contributed by atoms with Crippen LogP contribution in [-0.4, -0.2) is 11.5 Å². The summed E-state index contributed by atoms with van der Waals surface area (Å²) in [4.78, 5) is 6.06. The lowest BCUT2D eigenvalue weighted by atomic mass is 10.1. The minimum Gasteiger partial charge on any atom is -0.312 e. The average Bonchev–Trinajstić information content (AvgIpc) is 2.80. The molecule has 1 N–H and O–H groups in total. The minimum absolute atomic E-state index is 0.195. The molecule has 0 spiro atoms. The van der Waals surface area contributed by atoms with E-state index in [-0.39, 0.29) is 5.82 Å². The summed E-state index contributed by atoms with van der Waals surface area (Å²) in [6, 6.07) is 4.89. The maximum absolute atomic E-state index is 13.2. The van der Waals surface area contributed by atoms with E-state index in [4.69, 9.17) is 4.98 Å². The molecule has 2 rings (SSSR count). The summed E-state index contributed by atoms with van der Waals surface area (Å²) in [6.07, 6.45) is 0. The second-order valence-electron chi connectivity index (χ2n) is 5.22. The van der Waals surface area contributed by atoms with E-state index >= 15 is 0 Å². The Bertz CT molecular complexity index is 590. The molecule has 0 radical (unpaired) electrons. The molecule has 20 heavy (non-hydrogen) atoms. The quantitative estimate of drug-likeness (QED) is 0.878. The van der Waals surface area contributed by atoms with E-state index in [9.17, 15) is 4.39 Å². The number of nitrogens with one attached hydrogen (secondary N) is 1. The van der Waals surface area contributed by atoms with Gasteiger partial charge in [0.15, 0.2) is 0 Å². The first-order valence-electron chi connectivity index (χ1n) is 6.99. The number of thiazole rings is 1. The van der Waals surface area contributed by atoms with E-state index in [0.717, 1.165) is 34.9 Å². The molecule has 1 aromatic heterocycles. The van der Waals surface area contributed by atoms with Crippen molar-refractivity contribution in [1.82, 2.24) is 10.3 Å². The summed E-state index contributed by atoms with van der Waals surface area (Å²) in [5.41, 5.74) is 3.11. The van der Waals surface area contributed by atoms with E-state index in [2.05, 4.69) is 26.1 Å². The van der Waals surface area contributed by atoms with Crippen LogP contribution in [0.4, 0.5) is 4.39 Å². The van der Waals surface area contributed by atoms with Crippen LogP contribution in [0.15, 0.2) is 18.2 Å². The topological polar surface area (TPSA) is 24.9 Å². The lowest BCUT2D eigenvalue weighted by Gasteiger charge is -2.04. The molecule has 0 atom stereocenters. The van der Waals surface area contributed by atoms with Gasteiger partial charge in [0.2, 0.25) is 0 Å². The zero-order valence-corrected chi connectivity index (χ0v) is 13.3. The number of rotatable bonds is 5. The van der Waals surface area contributed by atoms with Crippen molar-refractivity contribution in [3.63, 3.8) is 0 Å². The predicted molar refractivity (Wildman–Crippen MR) is 83.7 cm³/mol. The van der Waals surface area contributed by atoms with E-state index in [1.54, 1.807) is 17.4 Å². The Balaban J connectivity index is 2.41. The summed E-state index contributed by atoms with van der Waals surface area (Å²) in [6.45, 7) is 10.1. The van der Waals surface area contributed by atoms with Crippen molar-refractivity contribution >= 4 is 11.3 Å². The fraction of sp³-hybridized carbons (Fsp3) is 0.438. The van der Waals surface area contributed by atoms with Crippen LogP contribution < -0.4 is 5.32 Å². The van der Waals surface area contributed by atoms with Crippen molar-refractivity contribution in [2.24, 2.45) is 0 Å². The van der Waals surface area contributed by atoms with Gasteiger partial charge < -0.3 is 5.32 Å². The number of halogens is 1. The van der Waals surface area contributed by atoms with E-state index in [1.165, 1.54) is 10.9 Å². The fourth-order valence-electron chi connectivity index (χ4n) is 2.16. The van der Waals surface area contributed by atoms with Crippen molar-refractivity contribution in [2.75, 3.05) is 6.54 Å². The van der Waals surface area contributed by atoms with Crippen molar-refractivity contribution in [3.8, 4) is 10.6 Å². The highest BCUT2D eigenvalue weighted by atomic mass is 32.1. The Morgan fingerprint density at radius 2 is 2.10 bits per heavy atom. The maximum Gasteiger partial charge on any atom is 0.124 e. The Labute approximate surface area is 124 Å². The molecule has 2 aromatic rings. The zero-order valence-electron chi connectivity index (χ0n) is 12.5. The Morgan fingerprint density at radius 3 is 2.70 bits per heavy atom. The minimum atomic E-state index is -0.195. The van der Waals surface area contributed by atoms with Crippen LogP contribution in [0.25, 0.3) is 10.6 Å². The molecule has 0 aliphatic heterocycles. The number of aryl methyl sites for hydroxylation is 1. The van der Waals surface area contributed by atoms with E-state index in [1.807, 2.05) is 13.0 Å². The van der Waals surface area contributed by atoms with Crippen LogP contribution in [-0.2, 0) is 6.54 Å². The normalized spacial score (nSPS) is 11.3. The van der Waals surface area contributed by atoms with Crippen LogP contribution >= 0.6 is 11.3 Å². The SMILES string of the molecule is CCNCc1sc(-c2ccc(F)cc2C)nc1C(C)C. The first kappa shape index (κ1) is 15.1. The number of benzene rings is 1. The highest BCUT2D eigenvalue weighted by molar-refractivity contribution is 7.15. The highest BCUT2D eigenvalue weighted by Crippen LogP contribution is 2.33. The van der Waals surface area contributed by atoms with Gasteiger partial charge in [-0.3, -0.25) is 0 Å². The van der Waals surface area contributed by atoms with Gasteiger partial charge >= 0.3 is 0 Å². The second kappa shape index (κ2) is 6.46. The molecule has 0 saturated carbocycles. The lowest BCUT2D eigenvalue weighted by Crippen LogP contribution is -2.12. The van der Waals surface area contributed by atoms with E-state index in [0.29, 0.717) is 5.92 Å². The van der Waals surface area contributed by atoms with Gasteiger partial charge in [0.05, 0.1) is 5.69 Å². The summed E-state index contributed by atoms with van der Waals surface area (Å²) < 4.78 is 13.2. The molecule has 1 aromatic carbocycles. The monoisotopic (exact) mass is 292 g/mol. The largest absolute Gasteiger partial charge is 0.312 e. The third-order valence-electron chi connectivity index (χ3n) is 3.23. The zero-order chi connectivity index (χ0) is 14.7. The van der Waals surface area contributed by atoms with Crippen molar-refractivity contribution in [1.29, 1.82) is 0 Å². The van der Waals surface area contributed by atoms with Gasteiger partial charge in [0.25, 0.3) is 0 Å². The van der Waals surface area contributed by atoms with E-state index < -0.39 is 0 Å². The first-order valence-corrected chi connectivity index (χ1v) is 7.81. The van der Waals surface area contributed by atoms with Crippen molar-refractivity contribution in [3.05, 3.63) is 40.2 Å². The molecule has 0 amide bonds. The molecule has 0 aliphatic rings. The smallest absolute Gasteiger partial charge is 0.124 e. The third-order valence-corrected chi connectivity index (χ3v) is 4.33. The van der Waals surface area contributed by atoms with Crippen LogP contribution in [0.3, 0.4) is 0 Å². The van der Waals surface area contributed by atoms with Gasteiger partial charge in [-0.15, -0.1) is 11.3 Å². The van der Waals surface area contributed by atoms with Crippen molar-refractivity contribution in [2.45, 2.75) is 40.2 Å². The molecule has 108 valence electrons.